The number of aryl methyl sites for hydroxylation is 2. The van der Waals surface area contributed by atoms with Crippen molar-refractivity contribution in [3.8, 4) is 22.6 Å². The van der Waals surface area contributed by atoms with Gasteiger partial charge in [-0.15, -0.1) is 0 Å². The van der Waals surface area contributed by atoms with Crippen LogP contribution in [0.4, 0.5) is 0 Å². The Morgan fingerprint density at radius 2 is 1.35 bits per heavy atom. The zero-order chi connectivity index (χ0) is 16.1. The van der Waals surface area contributed by atoms with Crippen LogP contribution in [0.2, 0.25) is 0 Å². The van der Waals surface area contributed by atoms with Gasteiger partial charge in [0.15, 0.2) is 11.5 Å². The second-order valence-corrected chi connectivity index (χ2v) is 5.57. The first kappa shape index (κ1) is 15.2. The van der Waals surface area contributed by atoms with Crippen molar-refractivity contribution in [2.24, 2.45) is 0 Å². The molecule has 0 saturated heterocycles. The van der Waals surface area contributed by atoms with Gasteiger partial charge in [0.2, 0.25) is 0 Å². The molecule has 0 heterocycles. The average Bonchev–Trinajstić information content (AvgIpc) is 2.62. The van der Waals surface area contributed by atoms with Gasteiger partial charge in [-0.05, 0) is 47.2 Å². The molecule has 0 aromatic heterocycles. The molecule has 0 radical (unpaired) electrons. The van der Waals surface area contributed by atoms with Crippen molar-refractivity contribution in [2.75, 3.05) is 7.11 Å². The van der Waals surface area contributed by atoms with Gasteiger partial charge in [0.25, 0.3) is 0 Å². The lowest BCUT2D eigenvalue weighted by molar-refractivity contribution is 0.373. The third-order valence-corrected chi connectivity index (χ3v) is 4.01. The van der Waals surface area contributed by atoms with Gasteiger partial charge >= 0.3 is 0 Å². The fraction of sp³-hybridized carbons (Fsp3) is 0.143. The second-order valence-electron chi connectivity index (χ2n) is 5.57. The van der Waals surface area contributed by atoms with Crippen molar-refractivity contribution in [1.82, 2.24) is 0 Å². The summed E-state index contributed by atoms with van der Waals surface area (Å²) in [5.41, 5.74) is 4.94. The molecule has 0 atom stereocenters. The van der Waals surface area contributed by atoms with E-state index in [-0.39, 0.29) is 5.75 Å². The maximum absolute atomic E-state index is 9.63. The van der Waals surface area contributed by atoms with Gasteiger partial charge in [-0.2, -0.15) is 0 Å². The molecule has 0 aliphatic heterocycles. The van der Waals surface area contributed by atoms with E-state index in [0.717, 1.165) is 18.4 Å². The van der Waals surface area contributed by atoms with E-state index >= 15 is 0 Å². The lowest BCUT2D eigenvalue weighted by atomic mass is 10.0. The van der Waals surface area contributed by atoms with Crippen molar-refractivity contribution in [1.29, 1.82) is 0 Å². The van der Waals surface area contributed by atoms with Crippen LogP contribution in [0.5, 0.6) is 11.5 Å². The zero-order valence-electron chi connectivity index (χ0n) is 13.2. The average molecular weight is 304 g/mol. The van der Waals surface area contributed by atoms with Gasteiger partial charge in [-0.3, -0.25) is 0 Å². The van der Waals surface area contributed by atoms with Gasteiger partial charge in [0, 0.05) is 0 Å². The molecule has 0 bridgehead atoms. The highest BCUT2D eigenvalue weighted by atomic mass is 16.5. The molecule has 0 spiro atoms. The molecule has 3 rings (SSSR count). The predicted octanol–water partition coefficient (Wildman–Crippen LogP) is 4.85. The summed E-state index contributed by atoms with van der Waals surface area (Å²) in [6, 6.07) is 24.6. The number of rotatable bonds is 5. The van der Waals surface area contributed by atoms with Crippen LogP contribution in [0.3, 0.4) is 0 Å². The van der Waals surface area contributed by atoms with Crippen molar-refractivity contribution in [3.05, 3.63) is 83.9 Å². The molecule has 0 saturated carbocycles. The summed E-state index contributed by atoms with van der Waals surface area (Å²) in [6.07, 6.45) is 1.88. The summed E-state index contributed by atoms with van der Waals surface area (Å²) in [7, 11) is 1.57. The van der Waals surface area contributed by atoms with E-state index in [9.17, 15) is 5.11 Å². The number of phenols is 1. The van der Waals surface area contributed by atoms with E-state index in [1.54, 1.807) is 13.2 Å². The first-order chi connectivity index (χ1) is 11.3. The van der Waals surface area contributed by atoms with Gasteiger partial charge in [0.1, 0.15) is 0 Å². The maximum Gasteiger partial charge on any atom is 0.160 e. The van der Waals surface area contributed by atoms with Crippen LogP contribution in [0.25, 0.3) is 11.1 Å². The number of methoxy groups -OCH3 is 1. The Balaban J connectivity index is 1.67. The lowest BCUT2D eigenvalue weighted by Crippen LogP contribution is -1.93. The lowest BCUT2D eigenvalue weighted by Gasteiger charge is -2.07. The van der Waals surface area contributed by atoms with Crippen molar-refractivity contribution in [2.45, 2.75) is 12.8 Å². The summed E-state index contributed by atoms with van der Waals surface area (Å²) in [5, 5.41) is 9.63. The Hall–Kier alpha value is -2.74. The predicted molar refractivity (Wildman–Crippen MR) is 93.9 cm³/mol. The quantitative estimate of drug-likeness (QED) is 0.730. The molecule has 1 N–H and O–H groups in total. The number of benzene rings is 3. The number of hydrogen-bond acceptors (Lipinski definition) is 2. The summed E-state index contributed by atoms with van der Waals surface area (Å²) in [6.45, 7) is 0. The van der Waals surface area contributed by atoms with E-state index < -0.39 is 0 Å². The van der Waals surface area contributed by atoms with Crippen molar-refractivity contribution >= 4 is 0 Å². The molecule has 2 heteroatoms. The smallest absolute Gasteiger partial charge is 0.160 e. The van der Waals surface area contributed by atoms with E-state index in [1.807, 2.05) is 18.2 Å². The molecule has 2 nitrogen and oxygen atoms in total. The van der Waals surface area contributed by atoms with Crippen LogP contribution in [0, 0.1) is 0 Å². The Bertz CT molecular complexity index is 762. The normalized spacial score (nSPS) is 10.5. The van der Waals surface area contributed by atoms with Crippen LogP contribution in [-0.2, 0) is 12.8 Å². The monoisotopic (exact) mass is 304 g/mol. The molecule has 0 fully saturated rings. The number of hydrogen-bond donors (Lipinski definition) is 1. The van der Waals surface area contributed by atoms with Gasteiger partial charge in [0.05, 0.1) is 7.11 Å². The third kappa shape index (κ3) is 3.72. The molecule has 116 valence electrons. The fourth-order valence-corrected chi connectivity index (χ4v) is 2.66. The van der Waals surface area contributed by atoms with Crippen LogP contribution in [-0.4, -0.2) is 12.2 Å². The molecule has 23 heavy (non-hydrogen) atoms. The molecular formula is C21H20O2. The third-order valence-electron chi connectivity index (χ3n) is 4.01. The first-order valence-electron chi connectivity index (χ1n) is 7.76. The van der Waals surface area contributed by atoms with Crippen molar-refractivity contribution < 1.29 is 9.84 Å². The topological polar surface area (TPSA) is 29.5 Å². The maximum atomic E-state index is 9.63. The molecule has 0 aliphatic rings. The molecule has 0 aliphatic carbocycles. The highest BCUT2D eigenvalue weighted by Gasteiger charge is 2.03. The number of ether oxygens (including phenoxy) is 1. The first-order valence-corrected chi connectivity index (χ1v) is 7.76. The molecule has 0 unspecified atom stereocenters. The van der Waals surface area contributed by atoms with Gasteiger partial charge in [-0.25, -0.2) is 0 Å². The Labute approximate surface area is 137 Å². The van der Waals surface area contributed by atoms with Gasteiger partial charge in [-0.1, -0.05) is 60.7 Å². The fourth-order valence-electron chi connectivity index (χ4n) is 2.66. The van der Waals surface area contributed by atoms with E-state index in [0.29, 0.717) is 5.75 Å². The summed E-state index contributed by atoms with van der Waals surface area (Å²) in [5.74, 6) is 0.713. The molecular weight excluding hydrogens is 284 g/mol. The Morgan fingerprint density at radius 1 is 0.739 bits per heavy atom. The number of aromatic hydroxyl groups is 1. The minimum absolute atomic E-state index is 0.184. The minimum atomic E-state index is 0.184. The summed E-state index contributed by atoms with van der Waals surface area (Å²) in [4.78, 5) is 0. The minimum Gasteiger partial charge on any atom is -0.504 e. The largest absolute Gasteiger partial charge is 0.504 e. The Morgan fingerprint density at radius 3 is 2.04 bits per heavy atom. The van der Waals surface area contributed by atoms with Crippen LogP contribution >= 0.6 is 0 Å². The molecule has 3 aromatic carbocycles. The van der Waals surface area contributed by atoms with E-state index in [1.165, 1.54) is 16.7 Å². The van der Waals surface area contributed by atoms with E-state index in [4.69, 9.17) is 4.74 Å². The Kier molecular flexibility index (Phi) is 4.62. The van der Waals surface area contributed by atoms with Gasteiger partial charge < -0.3 is 9.84 Å². The summed E-state index contributed by atoms with van der Waals surface area (Å²) < 4.78 is 5.15. The standard InChI is InChI=1S/C21H20O2/c1-23-21-15-17(11-14-20(21)22)8-7-16-9-12-19(13-10-16)18-5-3-2-4-6-18/h2-6,9-15,22H,7-8H2,1H3. The second kappa shape index (κ2) is 7.01. The van der Waals surface area contributed by atoms with E-state index in [2.05, 4.69) is 48.5 Å². The number of phenolic OH excluding ortho intramolecular Hbond substituents is 1. The van der Waals surface area contributed by atoms with Crippen LogP contribution in [0.1, 0.15) is 11.1 Å². The highest BCUT2D eigenvalue weighted by molar-refractivity contribution is 5.63. The summed E-state index contributed by atoms with van der Waals surface area (Å²) >= 11 is 0. The highest BCUT2D eigenvalue weighted by Crippen LogP contribution is 2.27. The van der Waals surface area contributed by atoms with Crippen LogP contribution < -0.4 is 4.74 Å². The van der Waals surface area contributed by atoms with Crippen LogP contribution in [0.15, 0.2) is 72.8 Å². The zero-order valence-corrected chi connectivity index (χ0v) is 13.2. The SMILES string of the molecule is COc1cc(CCc2ccc(-c3ccccc3)cc2)ccc1O. The molecule has 0 amide bonds. The molecule has 3 aromatic rings. The van der Waals surface area contributed by atoms with Crippen molar-refractivity contribution in [3.63, 3.8) is 0 Å².